The molecule has 0 aliphatic carbocycles. The Morgan fingerprint density at radius 2 is 1.87 bits per heavy atom. The molecule has 0 aliphatic rings. The minimum Gasteiger partial charge on any atom is -0.478 e. The Balaban J connectivity index is 2.50. The number of nitrogens with zero attached hydrogens (tertiary/aromatic N) is 1. The molecule has 2 rings (SSSR count). The van der Waals surface area contributed by atoms with Crippen molar-refractivity contribution in [2.45, 2.75) is 13.8 Å². The lowest BCUT2D eigenvalue weighted by atomic mass is 10.0. The Morgan fingerprint density at radius 1 is 1.17 bits per heavy atom. The Kier molecular flexibility index (Phi) is 4.40. The predicted octanol–water partition coefficient (Wildman–Crippen LogP) is 3.16. The van der Waals surface area contributed by atoms with Gasteiger partial charge in [0.05, 0.1) is 10.5 Å². The fraction of sp³-hybridized carbons (Fsp3) is 0.125. The Morgan fingerprint density at radius 3 is 2.43 bits per heavy atom. The average Bonchev–Trinajstić information content (AvgIpc) is 2.49. The summed E-state index contributed by atoms with van der Waals surface area (Å²) in [5.41, 5.74) is 0.805. The van der Waals surface area contributed by atoms with Gasteiger partial charge in [-0.25, -0.2) is 4.79 Å². The number of hydrogen-bond donors (Lipinski definition) is 2. The van der Waals surface area contributed by atoms with Crippen molar-refractivity contribution in [2.24, 2.45) is 0 Å². The van der Waals surface area contributed by atoms with E-state index in [0.717, 1.165) is 23.3 Å². The molecule has 0 aromatic heterocycles. The summed E-state index contributed by atoms with van der Waals surface area (Å²) in [6.07, 6.45) is 0. The number of carboxylic acid groups (broad SMARTS) is 1. The molecule has 0 saturated heterocycles. The standard InChI is InChI=1S/C16H14N2O5/c1-9-6-7-12(10(2)8-9)17-15(19)14-11(16(20)21)4-3-5-13(14)18(22)23/h3-8H,1-2H3,(H,17,19)(H,20,21). The number of aryl methyl sites for hydroxylation is 2. The van der Waals surface area contributed by atoms with Crippen molar-refractivity contribution in [3.05, 3.63) is 68.8 Å². The summed E-state index contributed by atoms with van der Waals surface area (Å²) in [5, 5.41) is 22.8. The molecule has 0 atom stereocenters. The molecule has 2 aromatic rings. The number of aromatic carboxylic acids is 1. The summed E-state index contributed by atoms with van der Waals surface area (Å²) in [6.45, 7) is 3.67. The number of nitrogens with one attached hydrogen (secondary N) is 1. The first-order valence-electron chi connectivity index (χ1n) is 6.70. The molecule has 7 heteroatoms. The largest absolute Gasteiger partial charge is 0.478 e. The molecule has 23 heavy (non-hydrogen) atoms. The summed E-state index contributed by atoms with van der Waals surface area (Å²) >= 11 is 0. The maximum atomic E-state index is 12.4. The normalized spacial score (nSPS) is 10.2. The van der Waals surface area contributed by atoms with Crippen LogP contribution in [0.4, 0.5) is 11.4 Å². The van der Waals surface area contributed by atoms with E-state index in [4.69, 9.17) is 0 Å². The van der Waals surface area contributed by atoms with E-state index in [1.807, 2.05) is 13.0 Å². The highest BCUT2D eigenvalue weighted by Crippen LogP contribution is 2.25. The number of nitro benzene ring substituents is 1. The first-order valence-corrected chi connectivity index (χ1v) is 6.70. The fourth-order valence-corrected chi connectivity index (χ4v) is 2.25. The topological polar surface area (TPSA) is 110 Å². The fourth-order valence-electron chi connectivity index (χ4n) is 2.25. The van der Waals surface area contributed by atoms with Gasteiger partial charge in [-0.3, -0.25) is 14.9 Å². The smallest absolute Gasteiger partial charge is 0.336 e. The van der Waals surface area contributed by atoms with Gasteiger partial charge >= 0.3 is 5.97 Å². The van der Waals surface area contributed by atoms with Crippen LogP contribution in [-0.2, 0) is 0 Å². The molecule has 2 N–H and O–H groups in total. The van der Waals surface area contributed by atoms with Crippen molar-refractivity contribution in [1.29, 1.82) is 0 Å². The van der Waals surface area contributed by atoms with Crippen LogP contribution in [0.3, 0.4) is 0 Å². The van der Waals surface area contributed by atoms with Crippen molar-refractivity contribution >= 4 is 23.3 Å². The highest BCUT2D eigenvalue weighted by atomic mass is 16.6. The van der Waals surface area contributed by atoms with Crippen LogP contribution in [-0.4, -0.2) is 21.9 Å². The molecule has 2 aromatic carbocycles. The Hall–Kier alpha value is -3.22. The maximum Gasteiger partial charge on any atom is 0.336 e. The predicted molar refractivity (Wildman–Crippen MR) is 83.9 cm³/mol. The lowest BCUT2D eigenvalue weighted by Gasteiger charge is -2.11. The third-order valence-electron chi connectivity index (χ3n) is 3.33. The number of carboxylic acids is 1. The minimum atomic E-state index is -1.40. The molecule has 0 saturated carbocycles. The number of carbonyl (C=O) groups excluding carboxylic acids is 1. The first kappa shape index (κ1) is 16.2. The number of amides is 1. The highest BCUT2D eigenvalue weighted by Gasteiger charge is 2.27. The molecule has 7 nitrogen and oxygen atoms in total. The number of carbonyl (C=O) groups is 2. The van der Waals surface area contributed by atoms with Gasteiger partial charge in [0.15, 0.2) is 0 Å². The van der Waals surface area contributed by atoms with E-state index in [2.05, 4.69) is 5.32 Å². The van der Waals surface area contributed by atoms with E-state index in [0.29, 0.717) is 5.69 Å². The monoisotopic (exact) mass is 314 g/mol. The Labute approximate surface area is 131 Å². The third-order valence-corrected chi connectivity index (χ3v) is 3.33. The quantitative estimate of drug-likeness (QED) is 0.665. The van der Waals surface area contributed by atoms with Crippen LogP contribution >= 0.6 is 0 Å². The summed E-state index contributed by atoms with van der Waals surface area (Å²) in [6, 6.07) is 8.77. The zero-order valence-corrected chi connectivity index (χ0v) is 12.5. The summed E-state index contributed by atoms with van der Waals surface area (Å²) in [5.74, 6) is -2.24. The third kappa shape index (κ3) is 3.34. The highest BCUT2D eigenvalue weighted by molar-refractivity contribution is 6.13. The van der Waals surface area contributed by atoms with Crippen LogP contribution < -0.4 is 5.32 Å². The van der Waals surface area contributed by atoms with Crippen LogP contribution in [0.1, 0.15) is 31.8 Å². The van der Waals surface area contributed by atoms with Crippen LogP contribution in [0.15, 0.2) is 36.4 Å². The molecule has 0 unspecified atom stereocenters. The van der Waals surface area contributed by atoms with Gasteiger partial charge in [-0.1, -0.05) is 23.8 Å². The van der Waals surface area contributed by atoms with Crippen molar-refractivity contribution in [2.75, 3.05) is 5.32 Å². The maximum absolute atomic E-state index is 12.4. The van der Waals surface area contributed by atoms with E-state index in [-0.39, 0.29) is 0 Å². The Bertz CT molecular complexity index is 782. The number of hydrogen-bond acceptors (Lipinski definition) is 4. The molecule has 0 fully saturated rings. The van der Waals surface area contributed by atoms with E-state index in [1.54, 1.807) is 19.1 Å². The van der Waals surface area contributed by atoms with Gasteiger partial charge in [0.1, 0.15) is 5.56 Å². The average molecular weight is 314 g/mol. The van der Waals surface area contributed by atoms with E-state index >= 15 is 0 Å². The van der Waals surface area contributed by atoms with Crippen molar-refractivity contribution < 1.29 is 19.6 Å². The van der Waals surface area contributed by atoms with Crippen LogP contribution in [0.2, 0.25) is 0 Å². The lowest BCUT2D eigenvalue weighted by molar-refractivity contribution is -0.385. The van der Waals surface area contributed by atoms with Crippen LogP contribution in [0.25, 0.3) is 0 Å². The van der Waals surface area contributed by atoms with Crippen molar-refractivity contribution in [1.82, 2.24) is 0 Å². The van der Waals surface area contributed by atoms with Crippen LogP contribution in [0, 0.1) is 24.0 Å². The first-order chi connectivity index (χ1) is 10.8. The van der Waals surface area contributed by atoms with E-state index < -0.39 is 33.6 Å². The summed E-state index contributed by atoms with van der Waals surface area (Å²) in [7, 11) is 0. The second-order valence-corrected chi connectivity index (χ2v) is 5.03. The number of nitro groups is 1. The number of benzene rings is 2. The van der Waals surface area contributed by atoms with Gasteiger partial charge < -0.3 is 10.4 Å². The molecule has 0 radical (unpaired) electrons. The van der Waals surface area contributed by atoms with E-state index in [9.17, 15) is 24.8 Å². The van der Waals surface area contributed by atoms with Gasteiger partial charge in [-0.2, -0.15) is 0 Å². The lowest BCUT2D eigenvalue weighted by Crippen LogP contribution is -2.19. The van der Waals surface area contributed by atoms with Crippen molar-refractivity contribution in [3.8, 4) is 0 Å². The summed E-state index contributed by atoms with van der Waals surface area (Å²) in [4.78, 5) is 34.0. The van der Waals surface area contributed by atoms with Gasteiger partial charge in [0.2, 0.25) is 0 Å². The van der Waals surface area contributed by atoms with Crippen LogP contribution in [0.5, 0.6) is 0 Å². The van der Waals surface area contributed by atoms with Gasteiger partial charge in [-0.05, 0) is 31.5 Å². The SMILES string of the molecule is Cc1ccc(NC(=O)c2c(C(=O)O)cccc2[N+](=O)[O-])c(C)c1. The molecule has 1 amide bonds. The second kappa shape index (κ2) is 6.27. The molecule has 0 aliphatic heterocycles. The molecule has 0 heterocycles. The zero-order valence-electron chi connectivity index (χ0n) is 12.5. The zero-order chi connectivity index (χ0) is 17.1. The molecular formula is C16H14N2O5. The molecule has 118 valence electrons. The number of anilines is 1. The molecular weight excluding hydrogens is 300 g/mol. The number of rotatable bonds is 4. The molecule has 0 spiro atoms. The van der Waals surface area contributed by atoms with E-state index in [1.165, 1.54) is 6.07 Å². The van der Waals surface area contributed by atoms with Gasteiger partial charge in [0, 0.05) is 11.8 Å². The van der Waals surface area contributed by atoms with Crippen molar-refractivity contribution in [3.63, 3.8) is 0 Å². The minimum absolute atomic E-state index is 0.415. The van der Waals surface area contributed by atoms with Gasteiger partial charge in [-0.15, -0.1) is 0 Å². The second-order valence-electron chi connectivity index (χ2n) is 5.03. The molecule has 0 bridgehead atoms. The van der Waals surface area contributed by atoms with Gasteiger partial charge in [0.25, 0.3) is 11.6 Å². The summed E-state index contributed by atoms with van der Waals surface area (Å²) < 4.78 is 0.